The van der Waals surface area contributed by atoms with E-state index in [4.69, 9.17) is 0 Å². The molecule has 0 bridgehead atoms. The number of carbonyl (C=O) groups excluding carboxylic acids is 4. The van der Waals surface area contributed by atoms with E-state index in [0.717, 1.165) is 0 Å². The molecule has 3 aliphatic rings. The normalized spacial score (nSPS) is 25.5. The molecular weight excluding hydrogens is 479 g/mol. The third kappa shape index (κ3) is 5.56. The van der Waals surface area contributed by atoms with Gasteiger partial charge in [0.05, 0.1) is 5.92 Å². The quantitative estimate of drug-likeness (QED) is 0.515. The van der Waals surface area contributed by atoms with Crippen molar-refractivity contribution in [3.05, 3.63) is 29.6 Å². The van der Waals surface area contributed by atoms with Crippen molar-refractivity contribution in [1.82, 2.24) is 25.6 Å². The molecule has 2 saturated heterocycles. The highest BCUT2D eigenvalue weighted by Gasteiger charge is 2.56. The highest BCUT2D eigenvalue weighted by Crippen LogP contribution is 2.40. The van der Waals surface area contributed by atoms with Gasteiger partial charge >= 0.3 is 6.03 Å². The van der Waals surface area contributed by atoms with Crippen molar-refractivity contribution >= 4 is 29.4 Å². The van der Waals surface area contributed by atoms with E-state index in [1.54, 1.807) is 28.9 Å². The van der Waals surface area contributed by atoms with Crippen LogP contribution in [-0.2, 0) is 14.4 Å². The number of anilines is 1. The average molecular weight is 517 g/mol. The zero-order chi connectivity index (χ0) is 27.0. The monoisotopic (exact) mass is 516 g/mol. The number of rotatable bonds is 7. The average Bonchev–Trinajstić information content (AvgIpc) is 3.13. The Kier molecular flexibility index (Phi) is 7.72. The van der Waals surface area contributed by atoms with Gasteiger partial charge in [-0.2, -0.15) is 5.43 Å². The number of aryl methyl sites for hydroxylation is 1. The number of fused-ring (bicyclic) bond motifs is 3. The number of nitrogens with zero attached hydrogens (tertiary/aromatic N) is 3. The summed E-state index contributed by atoms with van der Waals surface area (Å²) in [4.78, 5) is 55.9. The molecule has 2 heterocycles. The maximum Gasteiger partial charge on any atom is 0.337 e. The summed E-state index contributed by atoms with van der Waals surface area (Å²) in [5.41, 5.74) is 3.81. The van der Waals surface area contributed by atoms with E-state index in [2.05, 4.69) is 16.1 Å². The first-order valence-corrected chi connectivity index (χ1v) is 13.0. The molecule has 2 aliphatic heterocycles. The number of benzene rings is 1. The van der Waals surface area contributed by atoms with Gasteiger partial charge in [-0.25, -0.2) is 14.2 Å². The van der Waals surface area contributed by atoms with Crippen LogP contribution in [0.15, 0.2) is 18.2 Å². The molecule has 37 heavy (non-hydrogen) atoms. The van der Waals surface area contributed by atoms with Crippen molar-refractivity contribution in [3.63, 3.8) is 0 Å². The molecule has 1 aromatic rings. The van der Waals surface area contributed by atoms with E-state index in [-0.39, 0.29) is 36.2 Å². The Morgan fingerprint density at radius 1 is 1.16 bits per heavy atom. The van der Waals surface area contributed by atoms with E-state index >= 15 is 0 Å². The molecule has 0 spiro atoms. The summed E-state index contributed by atoms with van der Waals surface area (Å²) in [7, 11) is 0. The molecule has 1 saturated carbocycles. The summed E-state index contributed by atoms with van der Waals surface area (Å²) in [6, 6.07) is 3.52. The fourth-order valence-electron chi connectivity index (χ4n) is 5.47. The third-order valence-corrected chi connectivity index (χ3v) is 7.18. The molecule has 5 amide bonds. The maximum absolute atomic E-state index is 13.9. The molecule has 3 N–H and O–H groups in total. The molecule has 1 aliphatic carbocycles. The van der Waals surface area contributed by atoms with Crippen LogP contribution in [0.25, 0.3) is 0 Å². The van der Waals surface area contributed by atoms with Crippen LogP contribution in [0.1, 0.15) is 52.5 Å². The predicted octanol–water partition coefficient (Wildman–Crippen LogP) is 2.41. The Hall–Kier alpha value is -3.21. The van der Waals surface area contributed by atoms with Crippen LogP contribution < -0.4 is 16.1 Å². The smallest absolute Gasteiger partial charge is 0.337 e. The van der Waals surface area contributed by atoms with E-state index in [0.29, 0.717) is 37.1 Å². The van der Waals surface area contributed by atoms with Crippen molar-refractivity contribution < 1.29 is 23.6 Å². The molecule has 4 rings (SSSR count). The highest BCUT2D eigenvalue weighted by molar-refractivity contribution is 5.95. The Morgan fingerprint density at radius 2 is 1.89 bits per heavy atom. The van der Waals surface area contributed by atoms with Crippen molar-refractivity contribution in [2.45, 2.75) is 72.3 Å². The van der Waals surface area contributed by atoms with Gasteiger partial charge in [0.15, 0.2) is 6.29 Å². The van der Waals surface area contributed by atoms with Crippen molar-refractivity contribution in [3.8, 4) is 0 Å². The van der Waals surface area contributed by atoms with Crippen molar-refractivity contribution in [2.24, 2.45) is 17.8 Å². The minimum absolute atomic E-state index is 0.00131. The number of nitrogens with one attached hydrogen (secondary N) is 3. The van der Waals surface area contributed by atoms with Gasteiger partial charge in [0, 0.05) is 30.2 Å². The van der Waals surface area contributed by atoms with E-state index in [1.165, 1.54) is 11.1 Å². The molecule has 0 aromatic heterocycles. The van der Waals surface area contributed by atoms with Gasteiger partial charge in [-0.05, 0) is 63.6 Å². The standard InChI is InChI=1S/C26H37FN6O4/c1-14(2)12-31-24(36)19-9-7-17(23(35)28-15(3)4)10-21(19)33-25(31)30-32(26(33)37)13-22(34)29-18-8-6-16(5)20(27)11-18/h6,8,11,14-15,17,19,21,25,30H,7,9-10,12-13H2,1-5H3,(H,28,35)(H,29,34). The summed E-state index contributed by atoms with van der Waals surface area (Å²) in [6.45, 7) is 9.55. The van der Waals surface area contributed by atoms with Gasteiger partial charge in [0.1, 0.15) is 12.4 Å². The zero-order valence-electron chi connectivity index (χ0n) is 22.1. The van der Waals surface area contributed by atoms with E-state index < -0.39 is 36.0 Å². The number of amides is 5. The van der Waals surface area contributed by atoms with Crippen LogP contribution in [0.5, 0.6) is 0 Å². The fraction of sp³-hybridized carbons (Fsp3) is 0.615. The number of halogens is 1. The van der Waals surface area contributed by atoms with E-state index in [9.17, 15) is 23.6 Å². The lowest BCUT2D eigenvalue weighted by Crippen LogP contribution is -2.67. The predicted molar refractivity (Wildman–Crippen MR) is 135 cm³/mol. The van der Waals surface area contributed by atoms with Crippen LogP contribution in [0.4, 0.5) is 14.9 Å². The lowest BCUT2D eigenvalue weighted by molar-refractivity contribution is -0.159. The van der Waals surface area contributed by atoms with E-state index in [1.807, 2.05) is 27.7 Å². The molecule has 0 radical (unpaired) electrons. The minimum Gasteiger partial charge on any atom is -0.354 e. The molecule has 1 aromatic carbocycles. The molecule has 4 atom stereocenters. The second kappa shape index (κ2) is 10.6. The topological polar surface area (TPSA) is 114 Å². The molecule has 11 heteroatoms. The molecular formula is C26H37FN6O4. The Balaban J connectivity index is 1.53. The van der Waals surface area contributed by atoms with Gasteiger partial charge in [-0.3, -0.25) is 19.3 Å². The summed E-state index contributed by atoms with van der Waals surface area (Å²) in [5.74, 6) is -1.56. The Labute approximate surface area is 216 Å². The van der Waals surface area contributed by atoms with Crippen molar-refractivity contribution in [2.75, 3.05) is 18.4 Å². The number of hydrogen-bond donors (Lipinski definition) is 3. The number of carbonyl (C=O) groups is 4. The molecule has 4 unspecified atom stereocenters. The van der Waals surface area contributed by atoms with Gasteiger partial charge in [-0.15, -0.1) is 0 Å². The van der Waals surface area contributed by atoms with Crippen LogP contribution in [0, 0.1) is 30.5 Å². The van der Waals surface area contributed by atoms with Gasteiger partial charge in [-0.1, -0.05) is 19.9 Å². The summed E-state index contributed by atoms with van der Waals surface area (Å²) in [6.07, 6.45) is 0.752. The number of hydrazine groups is 1. The summed E-state index contributed by atoms with van der Waals surface area (Å²) < 4.78 is 13.9. The van der Waals surface area contributed by atoms with Crippen LogP contribution in [0.3, 0.4) is 0 Å². The first-order valence-electron chi connectivity index (χ1n) is 13.0. The summed E-state index contributed by atoms with van der Waals surface area (Å²) in [5, 5.41) is 6.77. The second-order valence-corrected chi connectivity index (χ2v) is 11.0. The minimum atomic E-state index is -0.736. The van der Waals surface area contributed by atoms with Crippen LogP contribution in [0.2, 0.25) is 0 Å². The van der Waals surface area contributed by atoms with Gasteiger partial charge in [0.25, 0.3) is 0 Å². The maximum atomic E-state index is 13.9. The first kappa shape index (κ1) is 26.8. The van der Waals surface area contributed by atoms with Crippen LogP contribution >= 0.6 is 0 Å². The lowest BCUT2D eigenvalue weighted by atomic mass is 9.75. The van der Waals surface area contributed by atoms with Crippen LogP contribution in [-0.4, -0.2) is 70.0 Å². The largest absolute Gasteiger partial charge is 0.354 e. The Bertz CT molecular complexity index is 1080. The fourth-order valence-corrected chi connectivity index (χ4v) is 5.47. The molecule has 10 nitrogen and oxygen atoms in total. The second-order valence-electron chi connectivity index (χ2n) is 11.0. The number of hydrogen-bond acceptors (Lipinski definition) is 5. The molecule has 3 fully saturated rings. The van der Waals surface area contributed by atoms with Gasteiger partial charge in [0.2, 0.25) is 17.7 Å². The zero-order valence-corrected chi connectivity index (χ0v) is 22.1. The lowest BCUT2D eigenvalue weighted by Gasteiger charge is -2.50. The Morgan fingerprint density at radius 3 is 2.54 bits per heavy atom. The SMILES string of the molecule is Cc1ccc(NC(=O)CN2NC3N(CC(C)C)C(=O)C4CCC(C(=O)NC(C)C)CC4N3C2=O)cc1F. The summed E-state index contributed by atoms with van der Waals surface area (Å²) >= 11 is 0. The third-order valence-electron chi connectivity index (χ3n) is 7.18. The van der Waals surface area contributed by atoms with Crippen molar-refractivity contribution in [1.29, 1.82) is 0 Å². The first-order chi connectivity index (χ1) is 17.5. The van der Waals surface area contributed by atoms with Gasteiger partial charge < -0.3 is 15.5 Å². The molecule has 202 valence electrons. The number of urea groups is 1. The highest BCUT2D eigenvalue weighted by atomic mass is 19.1.